The first-order valence-electron chi connectivity index (χ1n) is 8.37. The largest absolute Gasteiger partial charge is 0.508 e. The van der Waals surface area contributed by atoms with Crippen LogP contribution in [0.1, 0.15) is 5.56 Å². The van der Waals surface area contributed by atoms with E-state index in [1.807, 2.05) is 48.5 Å². The average molecular weight is 345 g/mol. The molecule has 2 aromatic carbocycles. The van der Waals surface area contributed by atoms with Crippen molar-refractivity contribution in [1.29, 1.82) is 0 Å². The van der Waals surface area contributed by atoms with E-state index in [-0.39, 0.29) is 5.75 Å². The summed E-state index contributed by atoms with van der Waals surface area (Å²) in [6.07, 6.45) is 1.79. The van der Waals surface area contributed by atoms with Crippen LogP contribution in [-0.4, -0.2) is 22.2 Å². The number of pyridine rings is 1. The lowest BCUT2D eigenvalue weighted by Crippen LogP contribution is -2.01. The highest BCUT2D eigenvalue weighted by molar-refractivity contribution is 5.83. The van der Waals surface area contributed by atoms with Gasteiger partial charge >= 0.3 is 0 Å². The summed E-state index contributed by atoms with van der Waals surface area (Å²) < 4.78 is 5.47. The van der Waals surface area contributed by atoms with Crippen LogP contribution >= 0.6 is 0 Å². The molecule has 0 atom stereocenters. The van der Waals surface area contributed by atoms with E-state index < -0.39 is 0 Å². The molecule has 0 saturated carbocycles. The summed E-state index contributed by atoms with van der Waals surface area (Å²) in [7, 11) is 1.65. The van der Waals surface area contributed by atoms with Crippen molar-refractivity contribution in [1.82, 2.24) is 9.97 Å². The average Bonchev–Trinajstić information content (AvgIpc) is 3.10. The molecule has 2 heterocycles. The number of ether oxygens (including phenoxy) is 1. The second-order valence-corrected chi connectivity index (χ2v) is 6.06. The number of benzene rings is 2. The summed E-state index contributed by atoms with van der Waals surface area (Å²) in [4.78, 5) is 7.77. The van der Waals surface area contributed by atoms with E-state index in [0.717, 1.165) is 39.3 Å². The van der Waals surface area contributed by atoms with Gasteiger partial charge in [0.1, 0.15) is 11.5 Å². The zero-order valence-electron chi connectivity index (χ0n) is 14.4. The minimum atomic E-state index is 0.260. The monoisotopic (exact) mass is 345 g/mol. The topological polar surface area (TPSA) is 70.2 Å². The highest BCUT2D eigenvalue weighted by Gasteiger charge is 2.09. The lowest BCUT2D eigenvalue weighted by Gasteiger charge is -2.13. The number of aromatic nitrogens is 2. The van der Waals surface area contributed by atoms with E-state index in [0.29, 0.717) is 6.54 Å². The zero-order valence-corrected chi connectivity index (χ0v) is 14.4. The highest BCUT2D eigenvalue weighted by atomic mass is 16.5. The molecule has 2 aromatic heterocycles. The summed E-state index contributed by atoms with van der Waals surface area (Å²) in [6.45, 7) is 0.586. The molecule has 0 aliphatic heterocycles. The summed E-state index contributed by atoms with van der Waals surface area (Å²) in [5.74, 6) is 1.03. The van der Waals surface area contributed by atoms with Gasteiger partial charge in [-0.2, -0.15) is 0 Å². The van der Waals surface area contributed by atoms with Crippen molar-refractivity contribution in [3.8, 4) is 22.8 Å². The van der Waals surface area contributed by atoms with Crippen LogP contribution in [0.5, 0.6) is 11.5 Å². The molecule has 0 fully saturated rings. The smallest absolute Gasteiger partial charge is 0.142 e. The molecule has 0 radical (unpaired) electrons. The van der Waals surface area contributed by atoms with Gasteiger partial charge in [-0.3, -0.25) is 4.98 Å². The van der Waals surface area contributed by atoms with Crippen LogP contribution < -0.4 is 10.1 Å². The summed E-state index contributed by atoms with van der Waals surface area (Å²) in [6, 6.07) is 19.2. The number of nitrogens with one attached hydrogen (secondary N) is 2. The fraction of sp³-hybridized carbons (Fsp3) is 0.0952. The summed E-state index contributed by atoms with van der Waals surface area (Å²) in [5, 5.41) is 13.0. The molecule has 0 aliphatic carbocycles. The Morgan fingerprint density at radius 1 is 1.08 bits per heavy atom. The normalized spacial score (nSPS) is 10.8. The van der Waals surface area contributed by atoms with Gasteiger partial charge in [0.2, 0.25) is 0 Å². The molecule has 3 N–H and O–H groups in total. The minimum absolute atomic E-state index is 0.260. The zero-order chi connectivity index (χ0) is 17.9. The highest BCUT2D eigenvalue weighted by Crippen LogP contribution is 2.32. The molecule has 130 valence electrons. The number of fused-ring (bicyclic) bond motifs is 1. The van der Waals surface area contributed by atoms with Crippen molar-refractivity contribution in [2.45, 2.75) is 6.54 Å². The van der Waals surface area contributed by atoms with Crippen molar-refractivity contribution in [2.24, 2.45) is 0 Å². The van der Waals surface area contributed by atoms with E-state index >= 15 is 0 Å². The Balaban J connectivity index is 1.64. The van der Waals surface area contributed by atoms with Crippen molar-refractivity contribution in [3.05, 3.63) is 72.4 Å². The maximum atomic E-state index is 9.61. The molecule has 0 saturated heterocycles. The molecular formula is C21H19N3O2. The number of phenols is 1. The Labute approximate surface area is 151 Å². The molecule has 0 unspecified atom stereocenters. The molecule has 0 bridgehead atoms. The molecule has 0 amide bonds. The maximum Gasteiger partial charge on any atom is 0.142 e. The Kier molecular flexibility index (Phi) is 4.19. The Morgan fingerprint density at radius 2 is 2.00 bits per heavy atom. The quantitative estimate of drug-likeness (QED) is 0.496. The van der Waals surface area contributed by atoms with Crippen LogP contribution in [0.15, 0.2) is 66.9 Å². The molecule has 26 heavy (non-hydrogen) atoms. The van der Waals surface area contributed by atoms with Crippen LogP contribution in [0.3, 0.4) is 0 Å². The van der Waals surface area contributed by atoms with Crippen LogP contribution in [-0.2, 0) is 6.54 Å². The molecule has 4 aromatic rings. The summed E-state index contributed by atoms with van der Waals surface area (Å²) in [5.41, 5.74) is 5.87. The fourth-order valence-corrected chi connectivity index (χ4v) is 2.99. The first kappa shape index (κ1) is 16.0. The lowest BCUT2D eigenvalue weighted by atomic mass is 10.1. The standard InChI is InChI=1S/C21H19N3O2/c1-26-21-8-7-15(18-12-19-17(24-18)6-3-9-22-19)11-20(21)23-13-14-4-2-5-16(25)10-14/h2-12,23-25H,13H2,1H3. The first-order chi connectivity index (χ1) is 12.7. The third-order valence-electron chi connectivity index (χ3n) is 4.29. The number of methoxy groups -OCH3 is 1. The number of rotatable bonds is 5. The number of anilines is 1. The van der Waals surface area contributed by atoms with Gasteiger partial charge in [-0.15, -0.1) is 0 Å². The third-order valence-corrected chi connectivity index (χ3v) is 4.29. The van der Waals surface area contributed by atoms with E-state index in [4.69, 9.17) is 4.74 Å². The molecule has 4 rings (SSSR count). The van der Waals surface area contributed by atoms with Crippen LogP contribution in [0.2, 0.25) is 0 Å². The van der Waals surface area contributed by atoms with Gasteiger partial charge in [0, 0.05) is 24.0 Å². The number of aromatic amines is 1. The van der Waals surface area contributed by atoms with Crippen LogP contribution in [0.4, 0.5) is 5.69 Å². The van der Waals surface area contributed by atoms with Crippen molar-refractivity contribution in [3.63, 3.8) is 0 Å². The van der Waals surface area contributed by atoms with Gasteiger partial charge in [-0.25, -0.2) is 0 Å². The molecule has 5 nitrogen and oxygen atoms in total. The minimum Gasteiger partial charge on any atom is -0.508 e. The van der Waals surface area contributed by atoms with E-state index in [1.165, 1.54) is 0 Å². The van der Waals surface area contributed by atoms with Gasteiger partial charge in [0.25, 0.3) is 0 Å². The van der Waals surface area contributed by atoms with E-state index in [9.17, 15) is 5.11 Å². The number of nitrogens with zero attached hydrogens (tertiary/aromatic N) is 1. The van der Waals surface area contributed by atoms with Crippen molar-refractivity contribution >= 4 is 16.7 Å². The van der Waals surface area contributed by atoms with Crippen LogP contribution in [0, 0.1) is 0 Å². The number of hydrogen-bond donors (Lipinski definition) is 3. The van der Waals surface area contributed by atoms with E-state index in [1.54, 1.807) is 25.4 Å². The number of phenolic OH excluding ortho intramolecular Hbond substituents is 1. The maximum absolute atomic E-state index is 9.61. The molecule has 0 spiro atoms. The Morgan fingerprint density at radius 3 is 2.81 bits per heavy atom. The second kappa shape index (κ2) is 6.80. The number of H-pyrrole nitrogens is 1. The van der Waals surface area contributed by atoms with Crippen LogP contribution in [0.25, 0.3) is 22.3 Å². The van der Waals surface area contributed by atoms with E-state index in [2.05, 4.69) is 15.3 Å². The summed E-state index contributed by atoms with van der Waals surface area (Å²) >= 11 is 0. The third kappa shape index (κ3) is 3.19. The SMILES string of the molecule is COc1ccc(-c2cc3ncccc3[nH]2)cc1NCc1cccc(O)c1. The van der Waals surface area contributed by atoms with Gasteiger partial charge < -0.3 is 20.1 Å². The first-order valence-corrected chi connectivity index (χ1v) is 8.37. The Hall–Kier alpha value is -3.47. The van der Waals surface area contributed by atoms with Gasteiger partial charge in [-0.05, 0) is 54.1 Å². The van der Waals surface area contributed by atoms with Gasteiger partial charge in [0.05, 0.1) is 23.8 Å². The van der Waals surface area contributed by atoms with Crippen molar-refractivity contribution in [2.75, 3.05) is 12.4 Å². The predicted octanol–water partition coefficient (Wildman–Crippen LogP) is 4.56. The van der Waals surface area contributed by atoms with Gasteiger partial charge in [0.15, 0.2) is 0 Å². The molecule has 5 heteroatoms. The van der Waals surface area contributed by atoms with Gasteiger partial charge in [-0.1, -0.05) is 12.1 Å². The van der Waals surface area contributed by atoms with Crippen molar-refractivity contribution < 1.29 is 9.84 Å². The lowest BCUT2D eigenvalue weighted by molar-refractivity contribution is 0.416. The fourth-order valence-electron chi connectivity index (χ4n) is 2.99. The molecular weight excluding hydrogens is 326 g/mol. The number of hydrogen-bond acceptors (Lipinski definition) is 4. The predicted molar refractivity (Wildman–Crippen MR) is 104 cm³/mol. The second-order valence-electron chi connectivity index (χ2n) is 6.06. The Bertz CT molecular complexity index is 1020. The number of aromatic hydroxyl groups is 1. The molecule has 0 aliphatic rings.